The summed E-state index contributed by atoms with van der Waals surface area (Å²) >= 11 is 0. The van der Waals surface area contributed by atoms with Crippen molar-refractivity contribution in [2.75, 3.05) is 20.2 Å². The van der Waals surface area contributed by atoms with E-state index in [0.29, 0.717) is 24.5 Å². The molecular weight excluding hydrogens is 352 g/mol. The molecule has 1 amide bonds. The van der Waals surface area contributed by atoms with E-state index in [-0.39, 0.29) is 11.9 Å². The molecule has 0 bridgehead atoms. The number of pyridine rings is 1. The van der Waals surface area contributed by atoms with Crippen LogP contribution in [0.25, 0.3) is 11.1 Å². The van der Waals surface area contributed by atoms with E-state index in [2.05, 4.69) is 23.1 Å². The zero-order valence-electron chi connectivity index (χ0n) is 16.6. The molecule has 3 heterocycles. The van der Waals surface area contributed by atoms with Gasteiger partial charge in [0.1, 0.15) is 0 Å². The van der Waals surface area contributed by atoms with Gasteiger partial charge in [-0.2, -0.15) is 5.10 Å². The highest BCUT2D eigenvalue weighted by atomic mass is 16.5. The highest BCUT2D eigenvalue weighted by Gasteiger charge is 2.33. The van der Waals surface area contributed by atoms with Gasteiger partial charge < -0.3 is 9.64 Å². The average molecular weight is 376 g/mol. The molecule has 2 aromatic heterocycles. The summed E-state index contributed by atoms with van der Waals surface area (Å²) in [7, 11) is 1.61. The lowest BCUT2D eigenvalue weighted by atomic mass is 10.0. The van der Waals surface area contributed by atoms with Crippen molar-refractivity contribution >= 4 is 5.91 Å². The van der Waals surface area contributed by atoms with Crippen molar-refractivity contribution < 1.29 is 9.53 Å². The summed E-state index contributed by atoms with van der Waals surface area (Å²) in [4.78, 5) is 18.9. The minimum absolute atomic E-state index is 0.0638. The van der Waals surface area contributed by atoms with E-state index in [1.165, 1.54) is 0 Å². The van der Waals surface area contributed by atoms with Gasteiger partial charge in [-0.05, 0) is 50.1 Å². The maximum atomic E-state index is 12.8. The van der Waals surface area contributed by atoms with E-state index >= 15 is 0 Å². The SMILES string of the molecule is COc1cc(C)c(-c2ccc(C(=O)N3CC(n4nc(C)cc4C)C3)cc2)cn1. The van der Waals surface area contributed by atoms with Crippen LogP contribution >= 0.6 is 0 Å². The van der Waals surface area contributed by atoms with Crippen molar-refractivity contribution in [3.8, 4) is 17.0 Å². The predicted molar refractivity (Wildman–Crippen MR) is 108 cm³/mol. The third kappa shape index (κ3) is 3.26. The number of aromatic nitrogens is 3. The van der Waals surface area contributed by atoms with Crippen LogP contribution in [-0.4, -0.2) is 45.8 Å². The zero-order chi connectivity index (χ0) is 19.8. The first kappa shape index (κ1) is 18.2. The number of carbonyl (C=O) groups is 1. The molecule has 0 saturated carbocycles. The molecule has 6 nitrogen and oxygen atoms in total. The fourth-order valence-electron chi connectivity index (χ4n) is 3.71. The Morgan fingerprint density at radius 3 is 2.39 bits per heavy atom. The molecule has 3 aromatic rings. The number of amides is 1. The second kappa shape index (κ2) is 7.11. The first-order chi connectivity index (χ1) is 13.5. The predicted octanol–water partition coefficient (Wildman–Crippen LogP) is 3.58. The van der Waals surface area contributed by atoms with Crippen LogP contribution in [0.2, 0.25) is 0 Å². The van der Waals surface area contributed by atoms with Crippen molar-refractivity contribution in [1.82, 2.24) is 19.7 Å². The summed E-state index contributed by atoms with van der Waals surface area (Å²) in [6.07, 6.45) is 1.80. The van der Waals surface area contributed by atoms with E-state index < -0.39 is 0 Å². The summed E-state index contributed by atoms with van der Waals surface area (Å²) in [5, 5.41) is 4.53. The lowest BCUT2D eigenvalue weighted by molar-refractivity contribution is 0.0497. The van der Waals surface area contributed by atoms with E-state index in [9.17, 15) is 4.79 Å². The number of carbonyl (C=O) groups excluding carboxylic acids is 1. The highest BCUT2D eigenvalue weighted by molar-refractivity contribution is 5.95. The Labute approximate surface area is 164 Å². The first-order valence-electron chi connectivity index (χ1n) is 9.39. The van der Waals surface area contributed by atoms with Gasteiger partial charge in [-0.3, -0.25) is 9.48 Å². The summed E-state index contributed by atoms with van der Waals surface area (Å²) in [6.45, 7) is 7.47. The second-order valence-corrected chi connectivity index (χ2v) is 7.35. The number of rotatable bonds is 4. The Bertz CT molecular complexity index is 1020. The maximum Gasteiger partial charge on any atom is 0.253 e. The lowest BCUT2D eigenvalue weighted by Crippen LogP contribution is -2.51. The molecule has 1 aliphatic heterocycles. The number of aryl methyl sites for hydroxylation is 3. The molecule has 144 valence electrons. The van der Waals surface area contributed by atoms with Crippen LogP contribution in [0.3, 0.4) is 0 Å². The van der Waals surface area contributed by atoms with Gasteiger partial charge >= 0.3 is 0 Å². The molecule has 28 heavy (non-hydrogen) atoms. The lowest BCUT2D eigenvalue weighted by Gasteiger charge is -2.39. The first-order valence-corrected chi connectivity index (χ1v) is 9.39. The quantitative estimate of drug-likeness (QED) is 0.698. The van der Waals surface area contributed by atoms with Gasteiger partial charge in [-0.25, -0.2) is 4.98 Å². The fourth-order valence-corrected chi connectivity index (χ4v) is 3.71. The zero-order valence-corrected chi connectivity index (χ0v) is 16.6. The number of ether oxygens (including phenoxy) is 1. The molecule has 0 N–H and O–H groups in total. The van der Waals surface area contributed by atoms with Gasteiger partial charge in [0.25, 0.3) is 5.91 Å². The van der Waals surface area contributed by atoms with Gasteiger partial charge in [-0.15, -0.1) is 0 Å². The summed E-state index contributed by atoms with van der Waals surface area (Å²) < 4.78 is 7.19. The van der Waals surface area contributed by atoms with E-state index in [4.69, 9.17) is 4.74 Å². The molecule has 6 heteroatoms. The molecule has 1 aromatic carbocycles. The Hall–Kier alpha value is -3.15. The summed E-state index contributed by atoms with van der Waals surface area (Å²) in [6, 6.07) is 12.0. The van der Waals surface area contributed by atoms with Crippen LogP contribution in [0.1, 0.15) is 33.4 Å². The Morgan fingerprint density at radius 1 is 1.11 bits per heavy atom. The van der Waals surface area contributed by atoms with Crippen molar-refractivity contribution in [2.24, 2.45) is 0 Å². The molecule has 0 aliphatic carbocycles. The third-order valence-corrected chi connectivity index (χ3v) is 5.28. The van der Waals surface area contributed by atoms with E-state index in [1.807, 2.05) is 53.8 Å². The maximum absolute atomic E-state index is 12.8. The van der Waals surface area contributed by atoms with E-state index in [0.717, 1.165) is 28.1 Å². The van der Waals surface area contributed by atoms with Gasteiger partial charge in [0.05, 0.1) is 18.8 Å². The highest BCUT2D eigenvalue weighted by Crippen LogP contribution is 2.27. The molecule has 0 unspecified atom stereocenters. The molecular formula is C22H24N4O2. The number of hydrogen-bond donors (Lipinski definition) is 0. The van der Waals surface area contributed by atoms with Crippen LogP contribution in [0.5, 0.6) is 5.88 Å². The minimum Gasteiger partial charge on any atom is -0.481 e. The standard InChI is InChI=1S/C22H24N4O2/c1-14-9-21(28-4)23-11-20(14)17-5-7-18(8-6-17)22(27)25-12-19(13-25)26-16(3)10-15(2)24-26/h5-11,19H,12-13H2,1-4H3. The molecule has 0 spiro atoms. The Kier molecular flexibility index (Phi) is 4.63. The summed E-state index contributed by atoms with van der Waals surface area (Å²) in [5.41, 5.74) is 6.02. The topological polar surface area (TPSA) is 60.2 Å². The molecule has 0 radical (unpaired) electrons. The average Bonchev–Trinajstić information content (AvgIpc) is 2.98. The number of likely N-dealkylation sites (tertiary alicyclic amines) is 1. The van der Waals surface area contributed by atoms with Crippen LogP contribution in [0, 0.1) is 20.8 Å². The van der Waals surface area contributed by atoms with Crippen LogP contribution in [0.4, 0.5) is 0 Å². The molecule has 1 saturated heterocycles. The minimum atomic E-state index is 0.0638. The van der Waals surface area contributed by atoms with E-state index in [1.54, 1.807) is 13.3 Å². The van der Waals surface area contributed by atoms with Crippen LogP contribution in [0.15, 0.2) is 42.6 Å². The normalized spacial score (nSPS) is 14.1. The van der Waals surface area contributed by atoms with Crippen molar-refractivity contribution in [2.45, 2.75) is 26.8 Å². The Balaban J connectivity index is 1.45. The largest absolute Gasteiger partial charge is 0.481 e. The van der Waals surface area contributed by atoms with Crippen LogP contribution in [-0.2, 0) is 0 Å². The van der Waals surface area contributed by atoms with Gasteiger partial charge in [0.2, 0.25) is 5.88 Å². The summed E-state index contributed by atoms with van der Waals surface area (Å²) in [5.74, 6) is 0.664. The van der Waals surface area contributed by atoms with Crippen molar-refractivity contribution in [1.29, 1.82) is 0 Å². The molecule has 1 aliphatic rings. The molecule has 0 atom stereocenters. The molecule has 1 fully saturated rings. The monoisotopic (exact) mass is 376 g/mol. The number of methoxy groups -OCH3 is 1. The second-order valence-electron chi connectivity index (χ2n) is 7.35. The number of hydrogen-bond acceptors (Lipinski definition) is 4. The van der Waals surface area contributed by atoms with Crippen molar-refractivity contribution in [3.63, 3.8) is 0 Å². The third-order valence-electron chi connectivity index (χ3n) is 5.28. The van der Waals surface area contributed by atoms with Crippen LogP contribution < -0.4 is 4.74 Å². The fraction of sp³-hybridized carbons (Fsp3) is 0.318. The number of benzene rings is 1. The van der Waals surface area contributed by atoms with Crippen molar-refractivity contribution in [3.05, 3.63) is 65.1 Å². The smallest absolute Gasteiger partial charge is 0.253 e. The van der Waals surface area contributed by atoms with Gasteiger partial charge in [-0.1, -0.05) is 12.1 Å². The number of nitrogens with zero attached hydrogens (tertiary/aromatic N) is 4. The van der Waals surface area contributed by atoms with Gasteiger partial charge in [0.15, 0.2) is 0 Å². The molecule has 4 rings (SSSR count). The Morgan fingerprint density at radius 2 is 1.82 bits per heavy atom. The van der Waals surface area contributed by atoms with Gasteiger partial charge in [0, 0.05) is 42.2 Å².